The molecule has 1 rings (SSSR count). The first-order valence-electron chi connectivity index (χ1n) is 4.38. The minimum Gasteiger partial charge on any atom is -0.478 e. The Bertz CT molecular complexity index is 407. The summed E-state index contributed by atoms with van der Waals surface area (Å²) in [4.78, 5) is 24.8. The summed E-state index contributed by atoms with van der Waals surface area (Å²) in [5, 5.41) is 11.4. The Morgan fingerprint density at radius 3 is 2.87 bits per heavy atom. The summed E-state index contributed by atoms with van der Waals surface area (Å²) >= 11 is 0. The SMILES string of the molecule is C=CCC(=O)Nc1c[nH]c(C)c1C(=O)O. The molecule has 1 amide bonds. The highest BCUT2D eigenvalue weighted by Gasteiger charge is 2.16. The maximum absolute atomic E-state index is 11.2. The van der Waals surface area contributed by atoms with Crippen molar-refractivity contribution < 1.29 is 14.7 Å². The molecule has 5 nitrogen and oxygen atoms in total. The van der Waals surface area contributed by atoms with E-state index in [1.807, 2.05) is 0 Å². The summed E-state index contributed by atoms with van der Waals surface area (Å²) < 4.78 is 0. The van der Waals surface area contributed by atoms with Crippen LogP contribution in [-0.4, -0.2) is 22.0 Å². The molecule has 15 heavy (non-hydrogen) atoms. The summed E-state index contributed by atoms with van der Waals surface area (Å²) in [6.45, 7) is 5.05. The molecule has 0 unspecified atom stereocenters. The van der Waals surface area contributed by atoms with E-state index in [1.54, 1.807) is 6.92 Å². The van der Waals surface area contributed by atoms with E-state index < -0.39 is 5.97 Å². The minimum atomic E-state index is -1.07. The van der Waals surface area contributed by atoms with E-state index in [-0.39, 0.29) is 23.6 Å². The third-order valence-corrected chi connectivity index (χ3v) is 1.90. The van der Waals surface area contributed by atoms with Crippen LogP contribution in [0.5, 0.6) is 0 Å². The Balaban J connectivity index is 2.90. The Morgan fingerprint density at radius 2 is 2.33 bits per heavy atom. The van der Waals surface area contributed by atoms with E-state index in [9.17, 15) is 9.59 Å². The molecule has 3 N–H and O–H groups in total. The molecule has 0 aliphatic carbocycles. The topological polar surface area (TPSA) is 82.2 Å². The van der Waals surface area contributed by atoms with Gasteiger partial charge in [0.15, 0.2) is 0 Å². The van der Waals surface area contributed by atoms with Gasteiger partial charge < -0.3 is 15.4 Å². The van der Waals surface area contributed by atoms with Crippen LogP contribution in [-0.2, 0) is 4.79 Å². The van der Waals surface area contributed by atoms with Gasteiger partial charge in [0, 0.05) is 18.3 Å². The number of carboxylic acids is 1. The van der Waals surface area contributed by atoms with Crippen LogP contribution < -0.4 is 5.32 Å². The fourth-order valence-corrected chi connectivity index (χ4v) is 1.23. The molecule has 0 fully saturated rings. The van der Waals surface area contributed by atoms with Crippen LogP contribution in [0.2, 0.25) is 0 Å². The highest BCUT2D eigenvalue weighted by atomic mass is 16.4. The third kappa shape index (κ3) is 2.46. The zero-order chi connectivity index (χ0) is 11.4. The molecule has 0 spiro atoms. The minimum absolute atomic E-state index is 0.0902. The maximum Gasteiger partial charge on any atom is 0.339 e. The number of anilines is 1. The summed E-state index contributed by atoms with van der Waals surface area (Å²) in [6, 6.07) is 0. The number of hydrogen-bond acceptors (Lipinski definition) is 2. The van der Waals surface area contributed by atoms with Crippen molar-refractivity contribution in [3.8, 4) is 0 Å². The van der Waals surface area contributed by atoms with Crippen LogP contribution in [0.15, 0.2) is 18.9 Å². The first-order valence-corrected chi connectivity index (χ1v) is 4.38. The van der Waals surface area contributed by atoms with Crippen molar-refractivity contribution >= 4 is 17.6 Å². The lowest BCUT2D eigenvalue weighted by Gasteiger charge is -2.02. The monoisotopic (exact) mass is 208 g/mol. The van der Waals surface area contributed by atoms with Gasteiger partial charge in [-0.05, 0) is 6.92 Å². The van der Waals surface area contributed by atoms with Crippen LogP contribution in [0, 0.1) is 6.92 Å². The predicted octanol–water partition coefficient (Wildman–Crippen LogP) is 1.54. The molecule has 0 aromatic carbocycles. The fraction of sp³-hybridized carbons (Fsp3) is 0.200. The van der Waals surface area contributed by atoms with Crippen molar-refractivity contribution in [2.75, 3.05) is 5.32 Å². The zero-order valence-corrected chi connectivity index (χ0v) is 8.33. The van der Waals surface area contributed by atoms with Crippen molar-refractivity contribution in [3.05, 3.63) is 30.1 Å². The second kappa shape index (κ2) is 4.45. The van der Waals surface area contributed by atoms with E-state index in [2.05, 4.69) is 16.9 Å². The van der Waals surface area contributed by atoms with Gasteiger partial charge in [0.1, 0.15) is 5.56 Å². The van der Waals surface area contributed by atoms with Gasteiger partial charge in [0.2, 0.25) is 5.91 Å². The number of hydrogen-bond donors (Lipinski definition) is 3. The first-order chi connectivity index (χ1) is 7.06. The van der Waals surface area contributed by atoms with E-state index in [4.69, 9.17) is 5.11 Å². The quantitative estimate of drug-likeness (QED) is 0.656. The summed E-state index contributed by atoms with van der Waals surface area (Å²) in [6.07, 6.45) is 3.07. The number of aromatic carboxylic acids is 1. The van der Waals surface area contributed by atoms with E-state index >= 15 is 0 Å². The van der Waals surface area contributed by atoms with E-state index in [1.165, 1.54) is 12.3 Å². The molecule has 1 aromatic rings. The molecule has 5 heteroatoms. The van der Waals surface area contributed by atoms with Crippen molar-refractivity contribution in [3.63, 3.8) is 0 Å². The van der Waals surface area contributed by atoms with Gasteiger partial charge >= 0.3 is 5.97 Å². The van der Waals surface area contributed by atoms with Crippen molar-refractivity contribution in [1.82, 2.24) is 4.98 Å². The van der Waals surface area contributed by atoms with Crippen LogP contribution in [0.4, 0.5) is 5.69 Å². The third-order valence-electron chi connectivity index (χ3n) is 1.90. The van der Waals surface area contributed by atoms with Gasteiger partial charge in [0.05, 0.1) is 5.69 Å². The summed E-state index contributed by atoms with van der Waals surface area (Å²) in [7, 11) is 0. The van der Waals surface area contributed by atoms with Gasteiger partial charge in [-0.3, -0.25) is 4.79 Å². The van der Waals surface area contributed by atoms with Crippen LogP contribution in [0.25, 0.3) is 0 Å². The van der Waals surface area contributed by atoms with Gasteiger partial charge in [-0.25, -0.2) is 4.79 Å². The van der Waals surface area contributed by atoms with Gasteiger partial charge in [-0.1, -0.05) is 6.08 Å². The van der Waals surface area contributed by atoms with Crippen molar-refractivity contribution in [1.29, 1.82) is 0 Å². The lowest BCUT2D eigenvalue weighted by atomic mass is 10.2. The Labute approximate surface area is 86.8 Å². The molecule has 0 aliphatic heterocycles. The van der Waals surface area contributed by atoms with E-state index in [0.29, 0.717) is 5.69 Å². The molecule has 1 aromatic heterocycles. The highest BCUT2D eigenvalue weighted by Crippen LogP contribution is 2.19. The average Bonchev–Trinajstić information content (AvgIpc) is 2.47. The average molecular weight is 208 g/mol. The molecule has 0 radical (unpaired) electrons. The van der Waals surface area contributed by atoms with Crippen LogP contribution >= 0.6 is 0 Å². The number of carbonyl (C=O) groups excluding carboxylic acids is 1. The molecular weight excluding hydrogens is 196 g/mol. The number of H-pyrrole nitrogens is 1. The second-order valence-electron chi connectivity index (χ2n) is 3.05. The van der Waals surface area contributed by atoms with Gasteiger partial charge in [-0.15, -0.1) is 6.58 Å². The molecule has 0 aliphatic rings. The number of aromatic nitrogens is 1. The van der Waals surface area contributed by atoms with E-state index in [0.717, 1.165) is 0 Å². The maximum atomic E-state index is 11.2. The molecule has 0 saturated heterocycles. The lowest BCUT2D eigenvalue weighted by Crippen LogP contribution is -2.12. The smallest absolute Gasteiger partial charge is 0.339 e. The summed E-state index contributed by atoms with van der Waals surface area (Å²) in [5.41, 5.74) is 0.885. The number of carboxylic acid groups (broad SMARTS) is 1. The Hall–Kier alpha value is -2.04. The standard InChI is InChI=1S/C10H12N2O3/c1-3-4-8(13)12-7-5-11-6(2)9(7)10(14)15/h3,5,11H,1,4H2,2H3,(H,12,13)(H,14,15). The van der Waals surface area contributed by atoms with Gasteiger partial charge in [-0.2, -0.15) is 0 Å². The lowest BCUT2D eigenvalue weighted by molar-refractivity contribution is -0.115. The van der Waals surface area contributed by atoms with Crippen LogP contribution in [0.1, 0.15) is 22.5 Å². The summed E-state index contributed by atoms with van der Waals surface area (Å²) in [5.74, 6) is -1.35. The Morgan fingerprint density at radius 1 is 1.67 bits per heavy atom. The largest absolute Gasteiger partial charge is 0.478 e. The van der Waals surface area contributed by atoms with Crippen LogP contribution in [0.3, 0.4) is 0 Å². The number of nitrogens with one attached hydrogen (secondary N) is 2. The number of carbonyl (C=O) groups is 2. The Kier molecular flexibility index (Phi) is 3.28. The van der Waals surface area contributed by atoms with Crippen molar-refractivity contribution in [2.45, 2.75) is 13.3 Å². The molecule has 0 saturated carbocycles. The predicted molar refractivity (Wildman–Crippen MR) is 55.9 cm³/mol. The fourth-order valence-electron chi connectivity index (χ4n) is 1.23. The number of amides is 1. The number of rotatable bonds is 4. The number of aromatic amines is 1. The number of aryl methyl sites for hydroxylation is 1. The molecular formula is C10H12N2O3. The van der Waals surface area contributed by atoms with Gasteiger partial charge in [0.25, 0.3) is 0 Å². The molecule has 0 atom stereocenters. The molecule has 1 heterocycles. The zero-order valence-electron chi connectivity index (χ0n) is 8.33. The van der Waals surface area contributed by atoms with Crippen molar-refractivity contribution in [2.24, 2.45) is 0 Å². The molecule has 80 valence electrons. The normalized spacial score (nSPS) is 9.67. The second-order valence-corrected chi connectivity index (χ2v) is 3.05. The first kappa shape index (κ1) is 11.0. The molecule has 0 bridgehead atoms. The highest BCUT2D eigenvalue weighted by molar-refractivity contribution is 6.01.